The molecule has 0 bridgehead atoms. The molecular weight excluding hydrogens is 228 g/mol. The molecule has 1 aliphatic rings. The molecule has 1 saturated carbocycles. The van der Waals surface area contributed by atoms with Gasteiger partial charge in [0.05, 0.1) is 6.20 Å². The zero-order valence-electron chi connectivity index (χ0n) is 9.28. The number of amides is 1. The largest absolute Gasteiger partial charge is 0.361 e. The van der Waals surface area contributed by atoms with E-state index in [0.717, 1.165) is 12.8 Å². The molecule has 88 valence electrons. The van der Waals surface area contributed by atoms with Crippen molar-refractivity contribution in [2.45, 2.75) is 32.2 Å². The van der Waals surface area contributed by atoms with E-state index in [9.17, 15) is 4.79 Å². The Morgan fingerprint density at radius 3 is 2.88 bits per heavy atom. The van der Waals surface area contributed by atoms with E-state index in [1.807, 2.05) is 4.90 Å². The molecule has 0 unspecified atom stereocenters. The van der Waals surface area contributed by atoms with Crippen LogP contribution in [0.5, 0.6) is 0 Å². The van der Waals surface area contributed by atoms with E-state index >= 15 is 0 Å². The lowest BCUT2D eigenvalue weighted by atomic mass is 9.91. The fourth-order valence-electron chi connectivity index (χ4n) is 1.90. The molecule has 0 radical (unpaired) electrons. The molecule has 4 nitrogen and oxygen atoms in total. The third-order valence-electron chi connectivity index (χ3n) is 3.08. The van der Waals surface area contributed by atoms with Crippen LogP contribution in [-0.4, -0.2) is 34.4 Å². The van der Waals surface area contributed by atoms with Crippen LogP contribution in [-0.2, 0) is 0 Å². The first-order valence-electron chi connectivity index (χ1n) is 5.52. The summed E-state index contributed by atoms with van der Waals surface area (Å²) >= 11 is 5.73. The molecule has 0 spiro atoms. The lowest BCUT2D eigenvalue weighted by molar-refractivity contribution is 0.0596. The minimum absolute atomic E-state index is 0.0101. The molecule has 0 N–H and O–H groups in total. The van der Waals surface area contributed by atoms with Crippen LogP contribution >= 0.6 is 11.6 Å². The molecule has 2 rings (SSSR count). The van der Waals surface area contributed by atoms with Crippen molar-refractivity contribution in [3.63, 3.8) is 0 Å². The van der Waals surface area contributed by atoms with E-state index < -0.39 is 0 Å². The number of carbonyl (C=O) groups excluding carboxylic acids is 1. The maximum atomic E-state index is 12.2. The van der Waals surface area contributed by atoms with Crippen LogP contribution in [0.3, 0.4) is 0 Å². The zero-order chi connectivity index (χ0) is 11.5. The zero-order valence-corrected chi connectivity index (χ0v) is 10.0. The van der Waals surface area contributed by atoms with Crippen molar-refractivity contribution in [2.24, 2.45) is 0 Å². The predicted octanol–water partition coefficient (Wildman–Crippen LogP) is 2.22. The van der Waals surface area contributed by atoms with Crippen molar-refractivity contribution in [3.8, 4) is 0 Å². The van der Waals surface area contributed by atoms with Gasteiger partial charge in [0, 0.05) is 18.5 Å². The van der Waals surface area contributed by atoms with E-state index in [1.165, 1.54) is 12.6 Å². The van der Waals surface area contributed by atoms with Gasteiger partial charge in [-0.25, -0.2) is 0 Å². The molecule has 0 aromatic carbocycles. The second-order valence-electron chi connectivity index (χ2n) is 4.07. The summed E-state index contributed by atoms with van der Waals surface area (Å²) in [5.41, 5.74) is 0.553. The summed E-state index contributed by atoms with van der Waals surface area (Å²) in [4.78, 5) is 14.1. The van der Waals surface area contributed by atoms with Crippen LogP contribution in [0.25, 0.3) is 0 Å². The van der Waals surface area contributed by atoms with E-state index in [-0.39, 0.29) is 5.91 Å². The SMILES string of the molecule is Cc1oncc1C(=O)N(CCCl)C1CCC1. The summed E-state index contributed by atoms with van der Waals surface area (Å²) in [7, 11) is 0. The molecule has 1 fully saturated rings. The second kappa shape index (κ2) is 4.87. The summed E-state index contributed by atoms with van der Waals surface area (Å²) in [6.45, 7) is 2.34. The van der Waals surface area contributed by atoms with Gasteiger partial charge < -0.3 is 9.42 Å². The van der Waals surface area contributed by atoms with Crippen molar-refractivity contribution >= 4 is 17.5 Å². The van der Waals surface area contributed by atoms with E-state index in [4.69, 9.17) is 16.1 Å². The Kier molecular flexibility index (Phi) is 3.49. The van der Waals surface area contributed by atoms with Gasteiger partial charge in [-0.2, -0.15) is 0 Å². The first-order valence-corrected chi connectivity index (χ1v) is 6.05. The van der Waals surface area contributed by atoms with Gasteiger partial charge in [-0.3, -0.25) is 4.79 Å². The summed E-state index contributed by atoms with van der Waals surface area (Å²) in [6.07, 6.45) is 4.83. The summed E-state index contributed by atoms with van der Waals surface area (Å²) in [5, 5.41) is 3.63. The lowest BCUT2D eigenvalue weighted by Crippen LogP contribution is -2.45. The second-order valence-corrected chi connectivity index (χ2v) is 4.45. The Morgan fingerprint density at radius 1 is 1.69 bits per heavy atom. The number of carbonyl (C=O) groups is 1. The molecule has 0 atom stereocenters. The lowest BCUT2D eigenvalue weighted by Gasteiger charge is -2.37. The predicted molar refractivity (Wildman–Crippen MR) is 60.6 cm³/mol. The number of halogens is 1. The fourth-order valence-corrected chi connectivity index (χ4v) is 2.08. The van der Waals surface area contributed by atoms with Gasteiger partial charge in [0.2, 0.25) is 0 Å². The first-order chi connectivity index (χ1) is 7.74. The quantitative estimate of drug-likeness (QED) is 0.761. The van der Waals surface area contributed by atoms with Crippen LogP contribution in [0.15, 0.2) is 10.7 Å². The van der Waals surface area contributed by atoms with Gasteiger partial charge in [-0.1, -0.05) is 5.16 Å². The van der Waals surface area contributed by atoms with Gasteiger partial charge in [-0.15, -0.1) is 11.6 Å². The molecule has 0 aliphatic heterocycles. The highest BCUT2D eigenvalue weighted by Gasteiger charge is 2.30. The van der Waals surface area contributed by atoms with Crippen LogP contribution in [0, 0.1) is 6.92 Å². The van der Waals surface area contributed by atoms with Crippen LogP contribution in [0.1, 0.15) is 35.4 Å². The van der Waals surface area contributed by atoms with Crippen molar-refractivity contribution in [1.82, 2.24) is 10.1 Å². The van der Waals surface area contributed by atoms with Crippen LogP contribution in [0.4, 0.5) is 0 Å². The molecule has 1 aromatic heterocycles. The summed E-state index contributed by atoms with van der Waals surface area (Å²) in [5.74, 6) is 1.03. The van der Waals surface area contributed by atoms with Crippen molar-refractivity contribution in [3.05, 3.63) is 17.5 Å². The maximum absolute atomic E-state index is 12.2. The first kappa shape index (κ1) is 11.5. The average molecular weight is 243 g/mol. The fraction of sp³-hybridized carbons (Fsp3) is 0.636. The van der Waals surface area contributed by atoms with Gasteiger partial charge >= 0.3 is 0 Å². The highest BCUT2D eigenvalue weighted by atomic mass is 35.5. The van der Waals surface area contributed by atoms with E-state index in [0.29, 0.717) is 29.8 Å². The van der Waals surface area contributed by atoms with E-state index in [2.05, 4.69) is 5.16 Å². The summed E-state index contributed by atoms with van der Waals surface area (Å²) in [6, 6.07) is 0.348. The highest BCUT2D eigenvalue weighted by Crippen LogP contribution is 2.26. The van der Waals surface area contributed by atoms with Crippen molar-refractivity contribution in [1.29, 1.82) is 0 Å². The maximum Gasteiger partial charge on any atom is 0.259 e. The normalized spacial score (nSPS) is 15.9. The van der Waals surface area contributed by atoms with Gasteiger partial charge in [0.1, 0.15) is 11.3 Å². The van der Waals surface area contributed by atoms with E-state index in [1.54, 1.807) is 6.92 Å². The monoisotopic (exact) mass is 242 g/mol. The van der Waals surface area contributed by atoms with Crippen LogP contribution in [0.2, 0.25) is 0 Å². The number of aryl methyl sites for hydroxylation is 1. The number of hydrogen-bond donors (Lipinski definition) is 0. The molecule has 1 aromatic rings. The van der Waals surface area contributed by atoms with Gasteiger partial charge in [-0.05, 0) is 26.2 Å². The summed E-state index contributed by atoms with van der Waals surface area (Å²) < 4.78 is 4.91. The Labute approximate surface area is 99.5 Å². The minimum atomic E-state index is -0.0101. The van der Waals surface area contributed by atoms with Gasteiger partial charge in [0.15, 0.2) is 0 Å². The number of hydrogen-bond acceptors (Lipinski definition) is 3. The third-order valence-corrected chi connectivity index (χ3v) is 3.25. The van der Waals surface area contributed by atoms with Crippen molar-refractivity contribution < 1.29 is 9.32 Å². The minimum Gasteiger partial charge on any atom is -0.361 e. The van der Waals surface area contributed by atoms with Crippen molar-refractivity contribution in [2.75, 3.05) is 12.4 Å². The Balaban J connectivity index is 2.13. The van der Waals surface area contributed by atoms with Crippen LogP contribution < -0.4 is 0 Å². The molecule has 1 aliphatic carbocycles. The molecule has 1 amide bonds. The molecule has 16 heavy (non-hydrogen) atoms. The molecule has 1 heterocycles. The smallest absolute Gasteiger partial charge is 0.259 e. The molecule has 0 saturated heterocycles. The number of nitrogens with zero attached hydrogens (tertiary/aromatic N) is 2. The Hall–Kier alpha value is -1.03. The highest BCUT2D eigenvalue weighted by molar-refractivity contribution is 6.18. The standard InChI is InChI=1S/C11H15ClN2O2/c1-8-10(7-13-16-8)11(15)14(6-5-12)9-3-2-4-9/h7,9H,2-6H2,1H3. The topological polar surface area (TPSA) is 46.3 Å². The third kappa shape index (κ3) is 2.07. The van der Waals surface area contributed by atoms with Gasteiger partial charge in [0.25, 0.3) is 5.91 Å². The molecule has 5 heteroatoms. The molecular formula is C11H15ClN2O2. The number of alkyl halides is 1. The number of rotatable bonds is 4. The Morgan fingerprint density at radius 2 is 2.44 bits per heavy atom. The Bertz CT molecular complexity index is 374. The number of aromatic nitrogens is 1. The average Bonchev–Trinajstić information content (AvgIpc) is 2.60.